The Bertz CT molecular complexity index is 774. The third-order valence-electron chi connectivity index (χ3n) is 4.84. The van der Waals surface area contributed by atoms with E-state index in [-0.39, 0.29) is 17.8 Å². The van der Waals surface area contributed by atoms with Gasteiger partial charge in [0.25, 0.3) is 0 Å². The number of Topliss-reactive ketones (excluding diaryl/α,β-unsaturated/α-hetero) is 4. The summed E-state index contributed by atoms with van der Waals surface area (Å²) < 4.78 is 5.96. The molecule has 25 heavy (non-hydrogen) atoms. The average Bonchev–Trinajstić information content (AvgIpc) is 2.53. The third kappa shape index (κ3) is 2.95. The highest BCUT2D eigenvalue weighted by Gasteiger charge is 2.57. The molecule has 1 unspecified atom stereocenters. The van der Waals surface area contributed by atoms with E-state index in [2.05, 4.69) is 0 Å². The molecule has 0 aliphatic carbocycles. The Balaban J connectivity index is 2.86. The van der Waals surface area contributed by atoms with Crippen molar-refractivity contribution in [2.24, 2.45) is 5.41 Å². The molecule has 0 radical (unpaired) electrons. The molecule has 0 fully saturated rings. The molecule has 5 nitrogen and oxygen atoms in total. The molecule has 0 N–H and O–H groups in total. The Hall–Kier alpha value is -2.56. The lowest BCUT2D eigenvalue weighted by molar-refractivity contribution is -0.148. The van der Waals surface area contributed by atoms with Crippen LogP contribution in [-0.4, -0.2) is 23.1 Å². The maximum atomic E-state index is 12.6. The summed E-state index contributed by atoms with van der Waals surface area (Å²) in [4.78, 5) is 49.7. The molecular formula is C20H22O5. The van der Waals surface area contributed by atoms with Gasteiger partial charge in [0.1, 0.15) is 22.6 Å². The molecule has 1 aromatic carbocycles. The lowest BCUT2D eigenvalue weighted by Crippen LogP contribution is -2.51. The van der Waals surface area contributed by atoms with Crippen LogP contribution < -0.4 is 0 Å². The highest BCUT2D eigenvalue weighted by Crippen LogP contribution is 2.50. The van der Waals surface area contributed by atoms with Crippen molar-refractivity contribution in [1.29, 1.82) is 0 Å². The number of hydrogen-bond acceptors (Lipinski definition) is 5. The highest BCUT2D eigenvalue weighted by molar-refractivity contribution is 6.19. The number of carbonyl (C=O) groups is 4. The van der Waals surface area contributed by atoms with E-state index in [4.69, 9.17) is 4.74 Å². The Morgan fingerprint density at radius 2 is 1.40 bits per heavy atom. The molecule has 0 aromatic heterocycles. The second kappa shape index (κ2) is 6.39. The zero-order valence-electron chi connectivity index (χ0n) is 15.1. The Morgan fingerprint density at radius 3 is 1.80 bits per heavy atom. The fourth-order valence-electron chi connectivity index (χ4n) is 3.61. The van der Waals surface area contributed by atoms with Crippen LogP contribution in [0, 0.1) is 5.41 Å². The van der Waals surface area contributed by atoms with E-state index in [1.165, 1.54) is 27.7 Å². The molecule has 0 spiro atoms. The van der Waals surface area contributed by atoms with Gasteiger partial charge in [-0.3, -0.25) is 19.2 Å². The van der Waals surface area contributed by atoms with Crippen LogP contribution in [0.1, 0.15) is 46.6 Å². The van der Waals surface area contributed by atoms with E-state index in [1.54, 1.807) is 6.92 Å². The molecule has 1 aliphatic rings. The minimum absolute atomic E-state index is 0.0274. The summed E-state index contributed by atoms with van der Waals surface area (Å²) in [5.74, 6) is -2.12. The molecule has 0 saturated carbocycles. The van der Waals surface area contributed by atoms with Crippen LogP contribution in [0.5, 0.6) is 0 Å². The standard InChI is InChI=1S/C20H22O5/c1-12(21)17-18(13(2)22)25-19(5,16-9-7-6-8-10-16)11-20(17,14(3)23)15(4)24/h6-10H,11H2,1-5H3. The van der Waals surface area contributed by atoms with Crippen LogP contribution in [0.25, 0.3) is 0 Å². The largest absolute Gasteiger partial charge is 0.479 e. The first-order chi connectivity index (χ1) is 11.6. The first kappa shape index (κ1) is 18.8. The van der Waals surface area contributed by atoms with Gasteiger partial charge in [0.15, 0.2) is 17.3 Å². The maximum absolute atomic E-state index is 12.6. The summed E-state index contributed by atoms with van der Waals surface area (Å²) in [7, 11) is 0. The van der Waals surface area contributed by atoms with Crippen LogP contribution in [0.15, 0.2) is 41.7 Å². The molecule has 1 aromatic rings. The number of benzene rings is 1. The number of ether oxygens (including phenoxy) is 1. The molecule has 1 aliphatic heterocycles. The number of hydrogen-bond donors (Lipinski definition) is 0. The number of carbonyl (C=O) groups excluding carboxylic acids is 4. The topological polar surface area (TPSA) is 77.5 Å². The zero-order valence-corrected chi connectivity index (χ0v) is 15.1. The van der Waals surface area contributed by atoms with Gasteiger partial charge in [-0.05, 0) is 33.3 Å². The summed E-state index contributed by atoms with van der Waals surface area (Å²) in [5.41, 5.74) is -2.18. The van der Waals surface area contributed by atoms with Crippen LogP contribution >= 0.6 is 0 Å². The average molecular weight is 342 g/mol. The van der Waals surface area contributed by atoms with Gasteiger partial charge in [-0.1, -0.05) is 30.3 Å². The molecule has 5 heteroatoms. The van der Waals surface area contributed by atoms with Crippen LogP contribution in [0.2, 0.25) is 0 Å². The molecule has 132 valence electrons. The van der Waals surface area contributed by atoms with Gasteiger partial charge in [0.2, 0.25) is 0 Å². The van der Waals surface area contributed by atoms with Crippen molar-refractivity contribution in [2.75, 3.05) is 0 Å². The van der Waals surface area contributed by atoms with Gasteiger partial charge in [-0.25, -0.2) is 0 Å². The van der Waals surface area contributed by atoms with Crippen molar-refractivity contribution in [3.05, 3.63) is 47.2 Å². The van der Waals surface area contributed by atoms with E-state index >= 15 is 0 Å². The third-order valence-corrected chi connectivity index (χ3v) is 4.84. The predicted molar refractivity (Wildman–Crippen MR) is 91.7 cm³/mol. The Labute approximate surface area is 147 Å². The number of rotatable bonds is 5. The summed E-state index contributed by atoms with van der Waals surface area (Å²) in [5, 5.41) is 0. The second-order valence-electron chi connectivity index (χ2n) is 6.71. The molecule has 2 rings (SSSR count). The molecule has 1 atom stereocenters. The van der Waals surface area contributed by atoms with Gasteiger partial charge in [-0.2, -0.15) is 0 Å². The fraction of sp³-hybridized carbons (Fsp3) is 0.400. The number of allylic oxidation sites excluding steroid dienone is 2. The summed E-state index contributed by atoms with van der Waals surface area (Å²) in [6.45, 7) is 6.79. The SMILES string of the molecule is CC(=O)C1=C(C(C)=O)C(C(C)=O)(C(C)=O)CC(C)(c2ccccc2)O1. The first-order valence-corrected chi connectivity index (χ1v) is 8.09. The van der Waals surface area contributed by atoms with Crippen molar-refractivity contribution >= 4 is 23.1 Å². The minimum atomic E-state index is -1.68. The fourth-order valence-corrected chi connectivity index (χ4v) is 3.61. The molecule has 1 heterocycles. The van der Waals surface area contributed by atoms with Crippen LogP contribution in [-0.2, 0) is 29.5 Å². The van der Waals surface area contributed by atoms with Crippen molar-refractivity contribution < 1.29 is 23.9 Å². The summed E-state index contributed by atoms with van der Waals surface area (Å²) in [6.07, 6.45) is -0.0274. The van der Waals surface area contributed by atoms with Crippen LogP contribution in [0.3, 0.4) is 0 Å². The van der Waals surface area contributed by atoms with Crippen molar-refractivity contribution in [2.45, 2.75) is 46.6 Å². The smallest absolute Gasteiger partial charge is 0.194 e. The number of ketones is 4. The Kier molecular flexibility index (Phi) is 4.80. The van der Waals surface area contributed by atoms with Gasteiger partial charge in [0.05, 0.1) is 5.57 Å². The molecule has 0 saturated heterocycles. The lowest BCUT2D eigenvalue weighted by atomic mass is 9.63. The monoisotopic (exact) mass is 342 g/mol. The van der Waals surface area contributed by atoms with Gasteiger partial charge >= 0.3 is 0 Å². The van der Waals surface area contributed by atoms with Crippen molar-refractivity contribution in [1.82, 2.24) is 0 Å². The van der Waals surface area contributed by atoms with Crippen LogP contribution in [0.4, 0.5) is 0 Å². The minimum Gasteiger partial charge on any atom is -0.479 e. The quantitative estimate of drug-likeness (QED) is 0.769. The zero-order chi connectivity index (χ0) is 19.0. The van der Waals surface area contributed by atoms with Gasteiger partial charge < -0.3 is 4.74 Å². The highest BCUT2D eigenvalue weighted by atomic mass is 16.5. The second-order valence-corrected chi connectivity index (χ2v) is 6.71. The molecular weight excluding hydrogens is 320 g/mol. The summed E-state index contributed by atoms with van der Waals surface area (Å²) in [6, 6.07) is 9.07. The van der Waals surface area contributed by atoms with Gasteiger partial charge in [0, 0.05) is 13.3 Å². The van der Waals surface area contributed by atoms with E-state index in [9.17, 15) is 19.2 Å². The predicted octanol–water partition coefficient (Wildman–Crippen LogP) is 2.92. The van der Waals surface area contributed by atoms with E-state index < -0.39 is 34.1 Å². The normalized spacial score (nSPS) is 22.1. The summed E-state index contributed by atoms with van der Waals surface area (Å²) >= 11 is 0. The Morgan fingerprint density at radius 1 is 0.880 bits per heavy atom. The van der Waals surface area contributed by atoms with Gasteiger partial charge in [-0.15, -0.1) is 0 Å². The van der Waals surface area contributed by atoms with Crippen molar-refractivity contribution in [3.8, 4) is 0 Å². The van der Waals surface area contributed by atoms with E-state index in [0.717, 1.165) is 5.56 Å². The van der Waals surface area contributed by atoms with E-state index in [1.807, 2.05) is 30.3 Å². The molecule has 0 bridgehead atoms. The van der Waals surface area contributed by atoms with E-state index in [0.29, 0.717) is 0 Å². The lowest BCUT2D eigenvalue weighted by Gasteiger charge is -2.45. The molecule has 0 amide bonds. The first-order valence-electron chi connectivity index (χ1n) is 8.09. The van der Waals surface area contributed by atoms with Crippen molar-refractivity contribution in [3.63, 3.8) is 0 Å². The maximum Gasteiger partial charge on any atom is 0.194 e.